The number of thiophene rings is 1. The smallest absolute Gasteiger partial charge is 0.168 e. The van der Waals surface area contributed by atoms with Gasteiger partial charge in [-0.1, -0.05) is 6.07 Å². The first-order chi connectivity index (χ1) is 7.90. The Morgan fingerprint density at radius 3 is 3.06 bits per heavy atom. The average molecular weight is 234 g/mol. The third-order valence-electron chi connectivity index (χ3n) is 2.23. The van der Waals surface area contributed by atoms with Crippen LogP contribution in [0, 0.1) is 0 Å². The first-order valence-electron chi connectivity index (χ1n) is 5.15. The zero-order valence-corrected chi connectivity index (χ0v) is 9.96. The van der Waals surface area contributed by atoms with Gasteiger partial charge in [-0.15, -0.1) is 11.3 Å². The Bertz CT molecular complexity index is 428. The highest BCUT2D eigenvalue weighted by Gasteiger charge is 2.01. The van der Waals surface area contributed by atoms with Gasteiger partial charge in [0.1, 0.15) is 0 Å². The number of methoxy groups -OCH3 is 1. The molecule has 0 aliphatic carbocycles. The van der Waals surface area contributed by atoms with Crippen LogP contribution < -0.4 is 10.1 Å². The van der Waals surface area contributed by atoms with Gasteiger partial charge in [-0.3, -0.25) is 0 Å². The molecule has 16 heavy (non-hydrogen) atoms. The Balaban J connectivity index is 1.89. The van der Waals surface area contributed by atoms with E-state index in [1.807, 2.05) is 12.1 Å². The van der Waals surface area contributed by atoms with Crippen LogP contribution in [0.1, 0.15) is 4.88 Å². The van der Waals surface area contributed by atoms with E-state index in [-0.39, 0.29) is 0 Å². The predicted octanol–water partition coefficient (Wildman–Crippen LogP) is 2.81. The molecule has 2 rings (SSSR count). The molecule has 0 spiro atoms. The van der Waals surface area contributed by atoms with Gasteiger partial charge in [0, 0.05) is 17.6 Å². The number of ether oxygens (including phenoxy) is 1. The fourth-order valence-electron chi connectivity index (χ4n) is 1.45. The molecule has 0 saturated heterocycles. The topological polar surface area (TPSA) is 34.1 Å². The van der Waals surface area contributed by atoms with Crippen LogP contribution in [0.4, 0.5) is 5.82 Å². The van der Waals surface area contributed by atoms with Crippen molar-refractivity contribution in [3.8, 4) is 5.75 Å². The summed E-state index contributed by atoms with van der Waals surface area (Å²) in [4.78, 5) is 5.61. The minimum absolute atomic E-state index is 0.786. The summed E-state index contributed by atoms with van der Waals surface area (Å²) in [5, 5.41) is 5.37. The van der Waals surface area contributed by atoms with Crippen LogP contribution in [0.3, 0.4) is 0 Å². The normalized spacial score (nSPS) is 10.1. The van der Waals surface area contributed by atoms with Crippen molar-refractivity contribution in [3.63, 3.8) is 0 Å². The number of hydrogen-bond donors (Lipinski definition) is 1. The van der Waals surface area contributed by atoms with Crippen molar-refractivity contribution in [2.24, 2.45) is 0 Å². The lowest BCUT2D eigenvalue weighted by atomic mass is 10.3. The summed E-state index contributed by atoms with van der Waals surface area (Å²) in [7, 11) is 1.65. The molecule has 0 amide bonds. The van der Waals surface area contributed by atoms with Crippen molar-refractivity contribution >= 4 is 17.2 Å². The molecule has 0 aliphatic heterocycles. The number of anilines is 1. The van der Waals surface area contributed by atoms with Gasteiger partial charge in [0.2, 0.25) is 0 Å². The fraction of sp³-hybridized carbons (Fsp3) is 0.250. The summed E-state index contributed by atoms with van der Waals surface area (Å²) in [6.45, 7) is 0.869. The molecular weight excluding hydrogens is 220 g/mol. The van der Waals surface area contributed by atoms with Gasteiger partial charge >= 0.3 is 0 Å². The third-order valence-corrected chi connectivity index (χ3v) is 3.17. The van der Waals surface area contributed by atoms with Crippen molar-refractivity contribution in [2.45, 2.75) is 6.42 Å². The van der Waals surface area contributed by atoms with Crippen molar-refractivity contribution in [3.05, 3.63) is 40.7 Å². The molecule has 4 heteroatoms. The van der Waals surface area contributed by atoms with Crippen LogP contribution in [0.15, 0.2) is 35.8 Å². The predicted molar refractivity (Wildman–Crippen MR) is 67.3 cm³/mol. The van der Waals surface area contributed by atoms with E-state index in [9.17, 15) is 0 Å². The molecular formula is C12H14N2OS. The standard InChI is InChI=1S/C12H14N2OS/c1-15-11-5-2-7-13-12(11)14-8-6-10-4-3-9-16-10/h2-5,7,9H,6,8H2,1H3,(H,13,14). The Labute approximate surface area is 99.1 Å². The van der Waals surface area contributed by atoms with Gasteiger partial charge < -0.3 is 10.1 Å². The summed E-state index contributed by atoms with van der Waals surface area (Å²) in [6.07, 6.45) is 2.77. The Morgan fingerprint density at radius 2 is 2.31 bits per heavy atom. The number of aromatic nitrogens is 1. The molecule has 0 fully saturated rings. The molecule has 2 aromatic rings. The van der Waals surface area contributed by atoms with Crippen LogP contribution >= 0.6 is 11.3 Å². The van der Waals surface area contributed by atoms with Crippen LogP contribution in [0.2, 0.25) is 0 Å². The molecule has 0 atom stereocenters. The Kier molecular flexibility index (Phi) is 3.77. The maximum Gasteiger partial charge on any atom is 0.168 e. The first kappa shape index (κ1) is 11.0. The maximum atomic E-state index is 5.21. The number of rotatable bonds is 5. The molecule has 1 N–H and O–H groups in total. The van der Waals surface area contributed by atoms with Gasteiger partial charge in [0.05, 0.1) is 7.11 Å². The zero-order valence-electron chi connectivity index (χ0n) is 9.14. The van der Waals surface area contributed by atoms with E-state index in [0.29, 0.717) is 0 Å². The van der Waals surface area contributed by atoms with E-state index in [0.717, 1.165) is 24.5 Å². The molecule has 0 saturated carbocycles. The molecule has 2 heterocycles. The van der Waals surface area contributed by atoms with Gasteiger partial charge in [-0.25, -0.2) is 4.98 Å². The van der Waals surface area contributed by atoms with E-state index in [1.54, 1.807) is 24.6 Å². The quantitative estimate of drug-likeness (QED) is 0.863. The molecule has 3 nitrogen and oxygen atoms in total. The highest BCUT2D eigenvalue weighted by atomic mass is 32.1. The van der Waals surface area contributed by atoms with Crippen LogP contribution in [0.5, 0.6) is 5.75 Å². The van der Waals surface area contributed by atoms with Crippen LogP contribution in [-0.4, -0.2) is 18.6 Å². The molecule has 84 valence electrons. The molecule has 0 unspecified atom stereocenters. The minimum Gasteiger partial charge on any atom is -0.493 e. The monoisotopic (exact) mass is 234 g/mol. The van der Waals surface area contributed by atoms with E-state index >= 15 is 0 Å². The Hall–Kier alpha value is -1.55. The largest absolute Gasteiger partial charge is 0.493 e. The molecule has 0 bridgehead atoms. The second-order valence-corrected chi connectivity index (χ2v) is 4.34. The number of nitrogens with one attached hydrogen (secondary N) is 1. The second-order valence-electron chi connectivity index (χ2n) is 3.31. The van der Waals surface area contributed by atoms with Gasteiger partial charge in [0.15, 0.2) is 11.6 Å². The number of pyridine rings is 1. The van der Waals surface area contributed by atoms with E-state index in [1.165, 1.54) is 4.88 Å². The summed E-state index contributed by atoms with van der Waals surface area (Å²) < 4.78 is 5.21. The van der Waals surface area contributed by atoms with Crippen molar-refractivity contribution in [1.82, 2.24) is 4.98 Å². The number of hydrogen-bond acceptors (Lipinski definition) is 4. The summed E-state index contributed by atoms with van der Waals surface area (Å²) >= 11 is 1.78. The van der Waals surface area contributed by atoms with Crippen molar-refractivity contribution < 1.29 is 4.74 Å². The highest BCUT2D eigenvalue weighted by molar-refractivity contribution is 7.09. The number of nitrogens with zero attached hydrogens (tertiary/aromatic N) is 1. The summed E-state index contributed by atoms with van der Waals surface area (Å²) in [5.74, 6) is 1.59. The van der Waals surface area contributed by atoms with Gasteiger partial charge in [-0.05, 0) is 30.0 Å². The molecule has 0 aromatic carbocycles. The molecule has 0 radical (unpaired) electrons. The van der Waals surface area contributed by atoms with E-state index < -0.39 is 0 Å². The molecule has 2 aromatic heterocycles. The zero-order chi connectivity index (χ0) is 11.2. The third kappa shape index (κ3) is 2.73. The lowest BCUT2D eigenvalue weighted by molar-refractivity contribution is 0.415. The first-order valence-corrected chi connectivity index (χ1v) is 6.03. The lowest BCUT2D eigenvalue weighted by Crippen LogP contribution is -2.06. The fourth-order valence-corrected chi connectivity index (χ4v) is 2.16. The summed E-state index contributed by atoms with van der Waals surface area (Å²) in [6, 6.07) is 7.98. The van der Waals surface area contributed by atoms with Crippen LogP contribution in [0.25, 0.3) is 0 Å². The van der Waals surface area contributed by atoms with Crippen molar-refractivity contribution in [2.75, 3.05) is 19.0 Å². The SMILES string of the molecule is COc1cccnc1NCCc1cccs1. The summed E-state index contributed by atoms with van der Waals surface area (Å²) in [5.41, 5.74) is 0. The average Bonchev–Trinajstić information content (AvgIpc) is 2.83. The van der Waals surface area contributed by atoms with E-state index in [2.05, 4.69) is 27.8 Å². The minimum atomic E-state index is 0.786. The Morgan fingerprint density at radius 1 is 1.38 bits per heavy atom. The van der Waals surface area contributed by atoms with Gasteiger partial charge in [0.25, 0.3) is 0 Å². The molecule has 0 aliphatic rings. The van der Waals surface area contributed by atoms with Crippen LogP contribution in [-0.2, 0) is 6.42 Å². The highest BCUT2D eigenvalue weighted by Crippen LogP contribution is 2.20. The van der Waals surface area contributed by atoms with E-state index in [4.69, 9.17) is 4.74 Å². The van der Waals surface area contributed by atoms with Gasteiger partial charge in [-0.2, -0.15) is 0 Å². The van der Waals surface area contributed by atoms with Crippen molar-refractivity contribution in [1.29, 1.82) is 0 Å². The second kappa shape index (κ2) is 5.51. The lowest BCUT2D eigenvalue weighted by Gasteiger charge is -2.08. The maximum absolute atomic E-state index is 5.21.